The minimum atomic E-state index is -3.76. The highest BCUT2D eigenvalue weighted by atomic mass is 32.2. The number of carbonyl (C=O) groups excluding carboxylic acids is 1. The molecule has 1 aliphatic rings. The van der Waals surface area contributed by atoms with Crippen LogP contribution in [0.25, 0.3) is 11.3 Å². The number of aryl methyl sites for hydroxylation is 1. The number of sulfonamides is 1. The number of anilines is 2. The molecule has 1 aliphatic heterocycles. The number of aromatic nitrogens is 2. The number of benzene rings is 2. The van der Waals surface area contributed by atoms with Crippen molar-refractivity contribution in [2.24, 2.45) is 0 Å². The molecule has 3 aromatic rings. The number of carbonyl (C=O) groups is 1. The van der Waals surface area contributed by atoms with Gasteiger partial charge in [0, 0.05) is 17.8 Å². The van der Waals surface area contributed by atoms with E-state index in [2.05, 4.69) is 15.3 Å². The Hall–Kier alpha value is -2.98. The van der Waals surface area contributed by atoms with Gasteiger partial charge >= 0.3 is 0 Å². The second-order valence-corrected chi connectivity index (χ2v) is 9.63. The van der Waals surface area contributed by atoms with Gasteiger partial charge in [-0.25, -0.2) is 22.8 Å². The minimum absolute atomic E-state index is 0.0102. The van der Waals surface area contributed by atoms with Crippen molar-refractivity contribution in [2.75, 3.05) is 21.9 Å². The molecule has 1 aromatic heterocycles. The second-order valence-electron chi connectivity index (χ2n) is 6.85. The van der Waals surface area contributed by atoms with Crippen LogP contribution < -0.4 is 9.62 Å². The third-order valence-electron chi connectivity index (χ3n) is 4.80. The molecule has 0 aliphatic carbocycles. The first-order chi connectivity index (χ1) is 14.8. The third kappa shape index (κ3) is 4.00. The average molecular weight is 459 g/mol. The summed E-state index contributed by atoms with van der Waals surface area (Å²) in [6.07, 6.45) is 1.28. The molecule has 31 heavy (non-hydrogen) atoms. The number of amides is 1. The molecule has 0 fully saturated rings. The van der Waals surface area contributed by atoms with Gasteiger partial charge < -0.3 is 5.32 Å². The molecule has 0 bridgehead atoms. The molecule has 2 aromatic carbocycles. The standard InChI is InChI=1S/C21H19FN4O3S2/c1-3-26-17-7-5-4-6-15(17)20-18(31(26,28)29)11-23-21(25-20)30-12-19(27)24-14-9-8-13(2)16(22)10-14/h4-11H,3,12H2,1-2H3,(H,24,27). The van der Waals surface area contributed by atoms with Crippen molar-refractivity contribution >= 4 is 39.1 Å². The number of para-hydroxylation sites is 1. The maximum Gasteiger partial charge on any atom is 0.268 e. The van der Waals surface area contributed by atoms with Crippen LogP contribution >= 0.6 is 11.8 Å². The Morgan fingerprint density at radius 2 is 2.00 bits per heavy atom. The Morgan fingerprint density at radius 3 is 2.74 bits per heavy atom. The van der Waals surface area contributed by atoms with Gasteiger partial charge in [0.05, 0.1) is 23.3 Å². The molecule has 0 saturated carbocycles. The number of nitrogens with zero attached hydrogens (tertiary/aromatic N) is 3. The summed E-state index contributed by atoms with van der Waals surface area (Å²) >= 11 is 1.07. The van der Waals surface area contributed by atoms with Crippen molar-refractivity contribution in [3.8, 4) is 11.3 Å². The Bertz CT molecular complexity index is 1280. The highest BCUT2D eigenvalue weighted by Crippen LogP contribution is 2.41. The van der Waals surface area contributed by atoms with Crippen LogP contribution in [0.3, 0.4) is 0 Å². The molecule has 7 nitrogen and oxygen atoms in total. The summed E-state index contributed by atoms with van der Waals surface area (Å²) < 4.78 is 40.9. The molecule has 0 atom stereocenters. The van der Waals surface area contributed by atoms with Crippen molar-refractivity contribution in [3.63, 3.8) is 0 Å². The van der Waals surface area contributed by atoms with E-state index in [9.17, 15) is 17.6 Å². The molecule has 0 unspecified atom stereocenters. The number of nitrogens with one attached hydrogen (secondary N) is 1. The molecule has 1 amide bonds. The summed E-state index contributed by atoms with van der Waals surface area (Å²) in [5, 5.41) is 2.90. The number of halogens is 1. The largest absolute Gasteiger partial charge is 0.325 e. The van der Waals surface area contributed by atoms with Gasteiger partial charge in [-0.15, -0.1) is 0 Å². The van der Waals surface area contributed by atoms with E-state index in [1.165, 1.54) is 16.6 Å². The van der Waals surface area contributed by atoms with E-state index in [0.717, 1.165) is 11.8 Å². The van der Waals surface area contributed by atoms with Gasteiger partial charge in [-0.1, -0.05) is 36.0 Å². The van der Waals surface area contributed by atoms with Crippen molar-refractivity contribution in [1.29, 1.82) is 0 Å². The predicted octanol–water partition coefficient (Wildman–Crippen LogP) is 3.85. The monoisotopic (exact) mass is 458 g/mol. The average Bonchev–Trinajstić information content (AvgIpc) is 2.75. The molecule has 160 valence electrons. The lowest BCUT2D eigenvalue weighted by Gasteiger charge is -2.30. The summed E-state index contributed by atoms with van der Waals surface area (Å²) in [5.74, 6) is -0.756. The number of rotatable bonds is 5. The topological polar surface area (TPSA) is 92.3 Å². The first kappa shape index (κ1) is 21.3. The van der Waals surface area contributed by atoms with Crippen LogP contribution in [0.1, 0.15) is 12.5 Å². The zero-order valence-electron chi connectivity index (χ0n) is 16.8. The molecule has 1 N–H and O–H groups in total. The van der Waals surface area contributed by atoms with Crippen molar-refractivity contribution in [2.45, 2.75) is 23.9 Å². The van der Waals surface area contributed by atoms with Crippen molar-refractivity contribution in [3.05, 3.63) is 60.0 Å². The third-order valence-corrected chi connectivity index (χ3v) is 7.56. The quantitative estimate of drug-likeness (QED) is 0.461. The van der Waals surface area contributed by atoms with E-state index in [1.54, 1.807) is 38.1 Å². The number of thioether (sulfide) groups is 1. The van der Waals surface area contributed by atoms with Gasteiger partial charge in [-0.05, 0) is 37.6 Å². The van der Waals surface area contributed by atoms with Gasteiger partial charge in [-0.2, -0.15) is 0 Å². The van der Waals surface area contributed by atoms with E-state index < -0.39 is 15.8 Å². The number of hydrogen-bond donors (Lipinski definition) is 1. The van der Waals surface area contributed by atoms with Gasteiger partial charge in [-0.3, -0.25) is 9.10 Å². The maximum absolute atomic E-state index is 13.6. The van der Waals surface area contributed by atoms with Crippen molar-refractivity contribution in [1.82, 2.24) is 9.97 Å². The molecule has 10 heteroatoms. The zero-order chi connectivity index (χ0) is 22.2. The van der Waals surface area contributed by atoms with E-state index in [4.69, 9.17) is 0 Å². The van der Waals surface area contributed by atoms with Crippen LogP contribution in [-0.4, -0.2) is 36.6 Å². The fourth-order valence-electron chi connectivity index (χ4n) is 3.28. The van der Waals surface area contributed by atoms with Crippen LogP contribution in [0.5, 0.6) is 0 Å². The fraction of sp³-hybridized carbons (Fsp3) is 0.190. The molecule has 2 heterocycles. The Labute approximate surface area is 183 Å². The molecule has 0 saturated heterocycles. The summed E-state index contributed by atoms with van der Waals surface area (Å²) in [5.41, 5.74) is 2.43. The fourth-order valence-corrected chi connectivity index (χ4v) is 5.48. The van der Waals surface area contributed by atoms with Gasteiger partial charge in [0.2, 0.25) is 5.91 Å². The van der Waals surface area contributed by atoms with Gasteiger partial charge in [0.25, 0.3) is 10.0 Å². The number of fused-ring (bicyclic) bond motifs is 3. The van der Waals surface area contributed by atoms with Gasteiger partial charge in [0.15, 0.2) is 5.16 Å². The molecular weight excluding hydrogens is 439 g/mol. The SMILES string of the molecule is CCN1c2ccccc2-c2nc(SCC(=O)Nc3ccc(C)c(F)c3)ncc2S1(=O)=O. The van der Waals surface area contributed by atoms with E-state index >= 15 is 0 Å². The van der Waals surface area contributed by atoms with Crippen LogP contribution in [0, 0.1) is 12.7 Å². The van der Waals surface area contributed by atoms with Gasteiger partial charge in [0.1, 0.15) is 10.7 Å². The first-order valence-corrected chi connectivity index (χ1v) is 11.9. The molecular formula is C21H19FN4O3S2. The number of hydrogen-bond acceptors (Lipinski definition) is 6. The highest BCUT2D eigenvalue weighted by molar-refractivity contribution is 7.99. The molecule has 4 rings (SSSR count). The lowest BCUT2D eigenvalue weighted by atomic mass is 10.1. The summed E-state index contributed by atoms with van der Waals surface area (Å²) in [6, 6.07) is 11.6. The van der Waals surface area contributed by atoms with E-state index in [1.807, 2.05) is 12.1 Å². The molecule has 0 radical (unpaired) electrons. The predicted molar refractivity (Wildman–Crippen MR) is 118 cm³/mol. The Morgan fingerprint density at radius 1 is 1.23 bits per heavy atom. The lowest BCUT2D eigenvalue weighted by Crippen LogP contribution is -2.34. The van der Waals surface area contributed by atoms with E-state index in [0.29, 0.717) is 28.2 Å². The van der Waals surface area contributed by atoms with E-state index in [-0.39, 0.29) is 28.3 Å². The minimum Gasteiger partial charge on any atom is -0.325 e. The van der Waals surface area contributed by atoms with Crippen LogP contribution in [0.2, 0.25) is 0 Å². The maximum atomic E-state index is 13.6. The van der Waals surface area contributed by atoms with Crippen LogP contribution in [0.15, 0.2) is 58.7 Å². The molecule has 0 spiro atoms. The summed E-state index contributed by atoms with van der Waals surface area (Å²) in [7, 11) is -3.76. The normalized spacial score (nSPS) is 14.0. The highest BCUT2D eigenvalue weighted by Gasteiger charge is 2.35. The summed E-state index contributed by atoms with van der Waals surface area (Å²) in [4.78, 5) is 20.9. The van der Waals surface area contributed by atoms with Crippen molar-refractivity contribution < 1.29 is 17.6 Å². The van der Waals surface area contributed by atoms with Crippen LogP contribution in [0.4, 0.5) is 15.8 Å². The second kappa shape index (κ2) is 8.27. The Balaban J connectivity index is 1.56. The lowest BCUT2D eigenvalue weighted by molar-refractivity contribution is -0.113. The first-order valence-electron chi connectivity index (χ1n) is 9.49. The summed E-state index contributed by atoms with van der Waals surface area (Å²) in [6.45, 7) is 3.69. The Kier molecular flexibility index (Phi) is 5.67. The van der Waals surface area contributed by atoms with Crippen LogP contribution in [-0.2, 0) is 14.8 Å². The zero-order valence-corrected chi connectivity index (χ0v) is 18.4. The smallest absolute Gasteiger partial charge is 0.268 e.